The number of aromatic nitrogens is 1. The Bertz CT molecular complexity index is 683. The molecule has 0 radical (unpaired) electrons. The van der Waals surface area contributed by atoms with Crippen LogP contribution in [0, 0.1) is 35.3 Å². The molecule has 0 aliphatic rings. The average Bonchev–Trinajstić information content (AvgIpc) is 2.75. The molecule has 2 aromatic heterocycles. The van der Waals surface area contributed by atoms with Gasteiger partial charge in [0, 0.05) is 15.8 Å². The largest absolute Gasteiger partial charge is 0.365 e. The summed E-state index contributed by atoms with van der Waals surface area (Å²) >= 11 is 1.69. The second-order valence-electron chi connectivity index (χ2n) is 4.24. The fourth-order valence-electron chi connectivity index (χ4n) is 1.69. The molecule has 0 fully saturated rings. The number of rotatable bonds is 4. The molecule has 0 amide bonds. The molecule has 0 saturated heterocycles. The van der Waals surface area contributed by atoms with Gasteiger partial charge in [-0.15, -0.1) is 11.3 Å². The van der Waals surface area contributed by atoms with Crippen LogP contribution in [-0.4, -0.2) is 9.91 Å². The van der Waals surface area contributed by atoms with Crippen molar-refractivity contribution in [2.75, 3.05) is 5.32 Å². The Hall–Kier alpha value is -2.46. The fraction of sp³-hybridized carbons (Fsp3) is 0.231. The molecule has 0 aliphatic heterocycles. The number of nitriles is 1. The van der Waals surface area contributed by atoms with E-state index in [2.05, 4.69) is 23.3 Å². The van der Waals surface area contributed by atoms with Crippen molar-refractivity contribution in [1.29, 1.82) is 5.26 Å². The lowest BCUT2D eigenvalue weighted by Gasteiger charge is -2.04. The second-order valence-corrected chi connectivity index (χ2v) is 5.58. The summed E-state index contributed by atoms with van der Waals surface area (Å²) in [5.74, 6) is 0.454. The average molecular weight is 288 g/mol. The summed E-state index contributed by atoms with van der Waals surface area (Å²) in [6, 6.07) is 6.62. The van der Waals surface area contributed by atoms with Crippen LogP contribution in [0.15, 0.2) is 18.2 Å². The Kier molecular flexibility index (Phi) is 3.96. The van der Waals surface area contributed by atoms with Crippen molar-refractivity contribution in [3.8, 4) is 6.07 Å². The predicted octanol–water partition coefficient (Wildman–Crippen LogP) is 3.15. The van der Waals surface area contributed by atoms with E-state index >= 15 is 0 Å². The van der Waals surface area contributed by atoms with Crippen LogP contribution in [-0.2, 0) is 6.54 Å². The lowest BCUT2D eigenvalue weighted by Crippen LogP contribution is -2.02. The van der Waals surface area contributed by atoms with Crippen LogP contribution in [0.1, 0.15) is 21.0 Å². The molecule has 102 valence electrons. The van der Waals surface area contributed by atoms with Crippen LogP contribution in [0.4, 0.5) is 11.5 Å². The van der Waals surface area contributed by atoms with Gasteiger partial charge in [-0.25, -0.2) is 4.98 Å². The van der Waals surface area contributed by atoms with Gasteiger partial charge in [0.15, 0.2) is 0 Å². The van der Waals surface area contributed by atoms with Gasteiger partial charge in [-0.1, -0.05) is 0 Å². The number of nitrogens with one attached hydrogen (secondary N) is 1. The highest BCUT2D eigenvalue weighted by Gasteiger charge is 2.15. The van der Waals surface area contributed by atoms with Crippen LogP contribution in [0.2, 0.25) is 0 Å². The van der Waals surface area contributed by atoms with Gasteiger partial charge in [0.1, 0.15) is 11.9 Å². The standard InChI is InChI=1S/C13H12N4O2S/c1-8-5-10(20-9(8)2)7-15-13-4-3-12(17(18)19)11(6-14)16-13/h3-5H,7H2,1-2H3,(H,15,16). The van der Waals surface area contributed by atoms with E-state index in [1.807, 2.05) is 6.92 Å². The summed E-state index contributed by atoms with van der Waals surface area (Å²) in [6.07, 6.45) is 0. The molecule has 0 atom stereocenters. The van der Waals surface area contributed by atoms with Crippen molar-refractivity contribution in [2.45, 2.75) is 20.4 Å². The first-order valence-electron chi connectivity index (χ1n) is 5.86. The number of anilines is 1. The Morgan fingerprint density at radius 2 is 2.25 bits per heavy atom. The summed E-state index contributed by atoms with van der Waals surface area (Å²) in [4.78, 5) is 16.5. The SMILES string of the molecule is Cc1cc(CNc2ccc([N+](=O)[O-])c(C#N)n2)sc1C. The minimum atomic E-state index is -0.610. The van der Waals surface area contributed by atoms with E-state index in [0.29, 0.717) is 12.4 Å². The van der Waals surface area contributed by atoms with E-state index in [9.17, 15) is 10.1 Å². The third-order valence-corrected chi connectivity index (χ3v) is 3.99. The maximum absolute atomic E-state index is 10.7. The fourth-order valence-corrected chi connectivity index (χ4v) is 2.69. The normalized spacial score (nSPS) is 10.1. The zero-order valence-electron chi connectivity index (χ0n) is 11.0. The first-order valence-corrected chi connectivity index (χ1v) is 6.68. The monoisotopic (exact) mass is 288 g/mol. The Morgan fingerprint density at radius 1 is 1.50 bits per heavy atom. The minimum Gasteiger partial charge on any atom is -0.365 e. The third-order valence-electron chi connectivity index (χ3n) is 2.84. The topological polar surface area (TPSA) is 91.9 Å². The molecule has 0 saturated carbocycles. The van der Waals surface area contributed by atoms with E-state index in [4.69, 9.17) is 5.26 Å². The van der Waals surface area contributed by atoms with Gasteiger partial charge >= 0.3 is 5.69 Å². The molecule has 0 spiro atoms. The van der Waals surface area contributed by atoms with Crippen LogP contribution in [0.25, 0.3) is 0 Å². The highest BCUT2D eigenvalue weighted by atomic mass is 32.1. The maximum Gasteiger partial charge on any atom is 0.305 e. The van der Waals surface area contributed by atoms with Gasteiger partial charge in [0.05, 0.1) is 11.5 Å². The van der Waals surface area contributed by atoms with E-state index in [0.717, 1.165) is 4.88 Å². The molecule has 6 nitrogen and oxygen atoms in total. The molecule has 2 heterocycles. The van der Waals surface area contributed by atoms with E-state index in [-0.39, 0.29) is 11.4 Å². The van der Waals surface area contributed by atoms with Crippen molar-refractivity contribution in [3.63, 3.8) is 0 Å². The van der Waals surface area contributed by atoms with E-state index in [1.165, 1.54) is 22.6 Å². The van der Waals surface area contributed by atoms with Gasteiger partial charge in [-0.2, -0.15) is 5.26 Å². The molecule has 0 bridgehead atoms. The molecule has 2 rings (SSSR count). The summed E-state index contributed by atoms with van der Waals surface area (Å²) in [5.41, 5.74) is 0.778. The summed E-state index contributed by atoms with van der Waals surface area (Å²) in [6.45, 7) is 4.68. The summed E-state index contributed by atoms with van der Waals surface area (Å²) < 4.78 is 0. The molecule has 7 heteroatoms. The molecule has 20 heavy (non-hydrogen) atoms. The van der Waals surface area contributed by atoms with Crippen molar-refractivity contribution >= 4 is 22.8 Å². The number of aryl methyl sites for hydroxylation is 2. The summed E-state index contributed by atoms with van der Waals surface area (Å²) in [7, 11) is 0. The van der Waals surface area contributed by atoms with Gasteiger partial charge in [0.2, 0.25) is 5.69 Å². The van der Waals surface area contributed by atoms with Crippen molar-refractivity contribution in [1.82, 2.24) is 4.98 Å². The highest BCUT2D eigenvalue weighted by Crippen LogP contribution is 2.22. The van der Waals surface area contributed by atoms with Gasteiger partial charge in [-0.3, -0.25) is 10.1 Å². The van der Waals surface area contributed by atoms with Gasteiger partial charge < -0.3 is 5.32 Å². The lowest BCUT2D eigenvalue weighted by atomic mass is 10.3. The zero-order valence-corrected chi connectivity index (χ0v) is 11.8. The molecule has 0 unspecified atom stereocenters. The molecule has 0 aromatic carbocycles. The van der Waals surface area contributed by atoms with Crippen LogP contribution in [0.5, 0.6) is 0 Å². The van der Waals surface area contributed by atoms with E-state index in [1.54, 1.807) is 17.4 Å². The zero-order chi connectivity index (χ0) is 14.7. The number of hydrogen-bond donors (Lipinski definition) is 1. The maximum atomic E-state index is 10.7. The van der Waals surface area contributed by atoms with Crippen LogP contribution in [0.3, 0.4) is 0 Å². The summed E-state index contributed by atoms with van der Waals surface area (Å²) in [5, 5.41) is 22.6. The number of nitro groups is 1. The number of thiophene rings is 1. The quantitative estimate of drug-likeness (QED) is 0.689. The Morgan fingerprint density at radius 3 is 2.80 bits per heavy atom. The van der Waals surface area contributed by atoms with Crippen molar-refractivity contribution < 1.29 is 4.92 Å². The predicted molar refractivity (Wildman–Crippen MR) is 76.7 cm³/mol. The lowest BCUT2D eigenvalue weighted by molar-refractivity contribution is -0.385. The van der Waals surface area contributed by atoms with Crippen LogP contribution < -0.4 is 5.32 Å². The molecular formula is C13H12N4O2S. The highest BCUT2D eigenvalue weighted by molar-refractivity contribution is 7.12. The van der Waals surface area contributed by atoms with Gasteiger partial charge in [-0.05, 0) is 31.5 Å². The molecule has 0 aliphatic carbocycles. The van der Waals surface area contributed by atoms with Crippen molar-refractivity contribution in [3.05, 3.63) is 49.3 Å². The van der Waals surface area contributed by atoms with Crippen molar-refractivity contribution in [2.24, 2.45) is 0 Å². The molecule has 2 aromatic rings. The smallest absolute Gasteiger partial charge is 0.305 e. The molecular weight excluding hydrogens is 276 g/mol. The number of hydrogen-bond acceptors (Lipinski definition) is 6. The third kappa shape index (κ3) is 2.92. The van der Waals surface area contributed by atoms with Gasteiger partial charge in [0.25, 0.3) is 0 Å². The first-order chi connectivity index (χ1) is 9.51. The minimum absolute atomic E-state index is 0.182. The van der Waals surface area contributed by atoms with E-state index < -0.39 is 4.92 Å². The van der Waals surface area contributed by atoms with Crippen LogP contribution >= 0.6 is 11.3 Å². The number of nitrogens with zero attached hydrogens (tertiary/aromatic N) is 3. The molecule has 1 N–H and O–H groups in total. The first kappa shape index (κ1) is 14.0. The Balaban J connectivity index is 2.14. The Labute approximate surface area is 119 Å². The number of pyridine rings is 1. The second kappa shape index (κ2) is 5.67.